The van der Waals surface area contributed by atoms with Crippen molar-refractivity contribution >= 4 is 23.9 Å². The van der Waals surface area contributed by atoms with Crippen LogP contribution in [-0.4, -0.2) is 61.4 Å². The number of amides is 2. The normalized spacial score (nSPS) is 24.6. The minimum Gasteiger partial charge on any atom is -0.494 e. The summed E-state index contributed by atoms with van der Waals surface area (Å²) >= 11 is 0. The maximum atomic E-state index is 12.6. The van der Waals surface area contributed by atoms with E-state index in [-0.39, 0.29) is 17.7 Å². The van der Waals surface area contributed by atoms with E-state index in [1.807, 2.05) is 0 Å². The molecule has 0 saturated heterocycles. The molecular weight excluding hydrogens is 500 g/mol. The Morgan fingerprint density at radius 1 is 1.18 bits per heavy atom. The Kier molecular flexibility index (Phi) is 10.1. The minimum absolute atomic E-state index is 0.00559. The maximum absolute atomic E-state index is 12.6. The molecule has 2 amide bonds. The minimum atomic E-state index is -1.11. The van der Waals surface area contributed by atoms with Crippen molar-refractivity contribution in [1.82, 2.24) is 16.0 Å². The van der Waals surface area contributed by atoms with Gasteiger partial charge in [0.05, 0.1) is 19.8 Å². The van der Waals surface area contributed by atoms with Crippen molar-refractivity contribution in [2.24, 2.45) is 22.2 Å². The number of fused-ring (bicyclic) bond motifs is 2. The van der Waals surface area contributed by atoms with Crippen LogP contribution in [0.1, 0.15) is 70.3 Å². The topological polar surface area (TPSA) is 138 Å². The Hall–Kier alpha value is -3.30. The first kappa shape index (κ1) is 28.7. The van der Waals surface area contributed by atoms with Crippen LogP contribution in [0.4, 0.5) is 4.79 Å². The number of benzene rings is 1. The van der Waals surface area contributed by atoms with Gasteiger partial charge in [-0.2, -0.15) is 0 Å². The predicted molar refractivity (Wildman–Crippen MR) is 147 cm³/mol. The highest BCUT2D eigenvalue weighted by Gasteiger charge is 2.42. The van der Waals surface area contributed by atoms with E-state index >= 15 is 0 Å². The molecule has 10 heteroatoms. The van der Waals surface area contributed by atoms with Crippen LogP contribution in [0.5, 0.6) is 5.75 Å². The Labute approximate surface area is 230 Å². The summed E-state index contributed by atoms with van der Waals surface area (Å²) in [7, 11) is 0. The van der Waals surface area contributed by atoms with Gasteiger partial charge in [0.25, 0.3) is 0 Å². The van der Waals surface area contributed by atoms with E-state index in [9.17, 15) is 19.5 Å². The second kappa shape index (κ2) is 13.7. The number of nitrogens with zero attached hydrogens (tertiary/aromatic N) is 1. The van der Waals surface area contributed by atoms with Crippen LogP contribution in [0, 0.1) is 17.3 Å². The summed E-state index contributed by atoms with van der Waals surface area (Å²) in [5, 5.41) is 18.0. The molecule has 4 rings (SSSR count). The zero-order chi connectivity index (χ0) is 27.7. The maximum Gasteiger partial charge on any atom is 0.407 e. The number of carbonyl (C=O) groups excluding carboxylic acids is 2. The van der Waals surface area contributed by atoms with Crippen molar-refractivity contribution in [3.8, 4) is 5.75 Å². The van der Waals surface area contributed by atoms with Gasteiger partial charge in [0.2, 0.25) is 5.91 Å². The molecule has 0 radical (unpaired) electrons. The summed E-state index contributed by atoms with van der Waals surface area (Å²) < 4.78 is 11.3. The molecular formula is C29H42N4O6. The zero-order valence-electron chi connectivity index (χ0n) is 22.9. The molecule has 1 aliphatic heterocycles. The van der Waals surface area contributed by atoms with Gasteiger partial charge in [-0.25, -0.2) is 9.59 Å². The zero-order valence-corrected chi connectivity index (χ0v) is 22.9. The van der Waals surface area contributed by atoms with Crippen molar-refractivity contribution in [1.29, 1.82) is 0 Å². The van der Waals surface area contributed by atoms with Crippen LogP contribution < -0.4 is 20.7 Å². The van der Waals surface area contributed by atoms with Crippen LogP contribution in [0.15, 0.2) is 29.3 Å². The lowest BCUT2D eigenvalue weighted by Gasteiger charge is -2.46. The van der Waals surface area contributed by atoms with Gasteiger partial charge in [-0.15, -0.1) is 0 Å². The average Bonchev–Trinajstić information content (AvgIpc) is 3.43. The number of aliphatic imine (C=N–C) groups is 1. The Balaban J connectivity index is 1.18. The summed E-state index contributed by atoms with van der Waals surface area (Å²) in [4.78, 5) is 40.5. The Morgan fingerprint density at radius 2 is 1.92 bits per heavy atom. The van der Waals surface area contributed by atoms with Gasteiger partial charge in [-0.05, 0) is 61.6 Å². The lowest BCUT2D eigenvalue weighted by atomic mass is 9.60. The van der Waals surface area contributed by atoms with E-state index in [2.05, 4.69) is 27.9 Å². The molecule has 2 bridgehead atoms. The number of nitrogens with one attached hydrogen (secondary N) is 3. The lowest BCUT2D eigenvalue weighted by Crippen LogP contribution is -2.45. The molecule has 2 fully saturated rings. The van der Waals surface area contributed by atoms with Gasteiger partial charge in [0, 0.05) is 24.8 Å². The Bertz CT molecular complexity index is 1020. The molecule has 4 N–H and O–H groups in total. The van der Waals surface area contributed by atoms with Gasteiger partial charge in [-0.3, -0.25) is 15.1 Å². The molecule has 39 heavy (non-hydrogen) atoms. The number of rotatable bonds is 12. The van der Waals surface area contributed by atoms with Gasteiger partial charge in [0.15, 0.2) is 5.96 Å². The van der Waals surface area contributed by atoms with Crippen molar-refractivity contribution in [3.05, 3.63) is 29.8 Å². The number of ether oxygens (including phenoxy) is 2. The van der Waals surface area contributed by atoms with Crippen molar-refractivity contribution in [3.63, 3.8) is 0 Å². The lowest BCUT2D eigenvalue weighted by molar-refractivity contribution is -0.139. The molecule has 3 aliphatic rings. The number of carbonyl (C=O) groups is 3. The van der Waals surface area contributed by atoms with Crippen LogP contribution in [0.3, 0.4) is 0 Å². The van der Waals surface area contributed by atoms with E-state index in [0.29, 0.717) is 44.3 Å². The monoisotopic (exact) mass is 542 g/mol. The van der Waals surface area contributed by atoms with E-state index < -0.39 is 18.1 Å². The van der Waals surface area contributed by atoms with Gasteiger partial charge in [-0.1, -0.05) is 38.3 Å². The van der Waals surface area contributed by atoms with Gasteiger partial charge >= 0.3 is 12.1 Å². The highest BCUT2D eigenvalue weighted by Crippen LogP contribution is 2.50. The quantitative estimate of drug-likeness (QED) is 0.296. The first-order chi connectivity index (χ1) is 18.8. The number of hydrogen-bond acceptors (Lipinski definition) is 7. The number of carboxylic acids is 1. The fraction of sp³-hybridized carbons (Fsp3) is 0.655. The van der Waals surface area contributed by atoms with E-state index in [4.69, 9.17) is 9.47 Å². The van der Waals surface area contributed by atoms with E-state index in [1.54, 1.807) is 24.3 Å². The van der Waals surface area contributed by atoms with E-state index in [0.717, 1.165) is 43.2 Å². The van der Waals surface area contributed by atoms with Crippen LogP contribution >= 0.6 is 0 Å². The fourth-order valence-corrected chi connectivity index (χ4v) is 6.25. The third kappa shape index (κ3) is 8.60. The summed E-state index contributed by atoms with van der Waals surface area (Å²) in [6.07, 6.45) is 8.59. The third-order valence-corrected chi connectivity index (χ3v) is 8.30. The first-order valence-electron chi connectivity index (χ1n) is 14.3. The molecule has 0 spiro atoms. The van der Waals surface area contributed by atoms with Crippen molar-refractivity contribution in [2.45, 2.75) is 77.2 Å². The highest BCUT2D eigenvalue weighted by molar-refractivity contribution is 5.97. The number of alkyl carbamates (subject to hydrolysis) is 1. The summed E-state index contributed by atoms with van der Waals surface area (Å²) in [5.74, 6) is 1.37. The molecule has 10 nitrogen and oxygen atoms in total. The van der Waals surface area contributed by atoms with Gasteiger partial charge in [0.1, 0.15) is 11.8 Å². The highest BCUT2D eigenvalue weighted by atomic mass is 16.5. The smallest absolute Gasteiger partial charge is 0.407 e. The average molecular weight is 543 g/mol. The standard InChI is InChI=1S/C29H42N4O6/c1-2-29(17-21-5-3-6-22(15-21)18-29)19-39-28(37)32-24(26(35)36)16-20-8-10-23(11-9-20)38-14-4-7-25(34)33-27-30-12-13-31-27/h8-11,21-22,24H,2-7,12-19H2,1H3,(H,32,37)(H,35,36)(H2,30,31,33,34)/t21?,22?,24-,29?/m0/s1. The predicted octanol–water partition coefficient (Wildman–Crippen LogP) is 3.64. The molecule has 1 aromatic carbocycles. The first-order valence-corrected chi connectivity index (χ1v) is 14.3. The molecule has 1 heterocycles. The molecule has 3 atom stereocenters. The van der Waals surface area contributed by atoms with Crippen molar-refractivity contribution in [2.75, 3.05) is 26.3 Å². The summed E-state index contributed by atoms with van der Waals surface area (Å²) in [6.45, 7) is 4.29. The number of carboxylic acid groups (broad SMARTS) is 1. The second-order valence-electron chi connectivity index (χ2n) is 11.3. The number of hydrogen-bond donors (Lipinski definition) is 4. The SMILES string of the molecule is CCC1(COC(=O)N[C@@H](Cc2ccc(OCCCC(=O)NC3=NCCN3)cc2)C(=O)O)CC2CCCC(C2)C1. The van der Waals surface area contributed by atoms with Crippen LogP contribution in [-0.2, 0) is 20.7 Å². The summed E-state index contributed by atoms with van der Waals surface area (Å²) in [6, 6.07) is 5.98. The third-order valence-electron chi connectivity index (χ3n) is 8.30. The fourth-order valence-electron chi connectivity index (χ4n) is 6.25. The number of guanidine groups is 1. The van der Waals surface area contributed by atoms with Gasteiger partial charge < -0.3 is 25.2 Å². The Morgan fingerprint density at radius 3 is 2.56 bits per heavy atom. The summed E-state index contributed by atoms with van der Waals surface area (Å²) in [5.41, 5.74) is 0.760. The molecule has 214 valence electrons. The number of aliphatic carboxylic acids is 1. The van der Waals surface area contributed by atoms with Crippen LogP contribution in [0.2, 0.25) is 0 Å². The molecule has 2 aliphatic carbocycles. The second-order valence-corrected chi connectivity index (χ2v) is 11.3. The molecule has 2 saturated carbocycles. The molecule has 2 unspecified atom stereocenters. The van der Waals surface area contributed by atoms with Crippen molar-refractivity contribution < 1.29 is 29.0 Å². The van der Waals surface area contributed by atoms with Crippen LogP contribution in [0.25, 0.3) is 0 Å². The van der Waals surface area contributed by atoms with E-state index in [1.165, 1.54) is 25.7 Å². The molecule has 1 aromatic rings. The molecule has 0 aromatic heterocycles. The largest absolute Gasteiger partial charge is 0.494 e.